The topological polar surface area (TPSA) is 38.5 Å². The van der Waals surface area contributed by atoms with Crippen molar-refractivity contribution in [1.29, 1.82) is 0 Å². The summed E-state index contributed by atoms with van der Waals surface area (Å²) in [5, 5.41) is 0. The van der Waals surface area contributed by atoms with Gasteiger partial charge in [0.1, 0.15) is 5.75 Å². The fourth-order valence-corrected chi connectivity index (χ4v) is 1.79. The molecule has 0 aliphatic rings. The molecule has 0 aliphatic carbocycles. The van der Waals surface area contributed by atoms with E-state index in [0.717, 1.165) is 18.7 Å². The molecule has 1 aromatic rings. The summed E-state index contributed by atoms with van der Waals surface area (Å²) in [5.74, 6) is 0.946. The minimum absolute atomic E-state index is 0.195. The molecule has 2 N–H and O–H groups in total. The van der Waals surface area contributed by atoms with Crippen molar-refractivity contribution < 1.29 is 4.74 Å². The van der Waals surface area contributed by atoms with Crippen molar-refractivity contribution in [3.05, 3.63) is 29.3 Å². The van der Waals surface area contributed by atoms with Crippen molar-refractivity contribution in [2.45, 2.75) is 25.9 Å². The highest BCUT2D eigenvalue weighted by Gasteiger charge is 2.06. The molecule has 0 amide bonds. The predicted molar refractivity (Wildman–Crippen MR) is 67.7 cm³/mol. The third kappa shape index (κ3) is 3.83. The molecule has 0 saturated carbocycles. The third-order valence-corrected chi connectivity index (χ3v) is 2.39. The molecular weight excluding hydrogens is 200 g/mol. The van der Waals surface area contributed by atoms with E-state index in [9.17, 15) is 0 Å². The van der Waals surface area contributed by atoms with Gasteiger partial charge in [-0.15, -0.1) is 0 Å². The Balaban J connectivity index is 2.91. The fraction of sp³-hybridized carbons (Fsp3) is 0.538. The van der Waals surface area contributed by atoms with Gasteiger partial charge >= 0.3 is 0 Å². The Morgan fingerprint density at radius 3 is 2.56 bits per heavy atom. The van der Waals surface area contributed by atoms with Crippen LogP contribution in [0, 0.1) is 0 Å². The van der Waals surface area contributed by atoms with Gasteiger partial charge in [-0.05, 0) is 39.1 Å². The Hall–Kier alpha value is -1.06. The van der Waals surface area contributed by atoms with E-state index in [0.29, 0.717) is 0 Å². The summed E-state index contributed by atoms with van der Waals surface area (Å²) in [7, 11) is 5.81. The summed E-state index contributed by atoms with van der Waals surface area (Å²) < 4.78 is 5.35. The van der Waals surface area contributed by atoms with E-state index < -0.39 is 0 Å². The molecule has 3 heteroatoms. The van der Waals surface area contributed by atoms with E-state index in [1.54, 1.807) is 7.11 Å². The van der Waals surface area contributed by atoms with Gasteiger partial charge in [-0.2, -0.15) is 0 Å². The van der Waals surface area contributed by atoms with E-state index in [1.165, 1.54) is 11.1 Å². The summed E-state index contributed by atoms with van der Waals surface area (Å²) in [6.45, 7) is 2.91. The van der Waals surface area contributed by atoms with Crippen molar-refractivity contribution >= 4 is 0 Å². The van der Waals surface area contributed by atoms with Crippen LogP contribution in [0.3, 0.4) is 0 Å². The number of methoxy groups -OCH3 is 1. The molecule has 0 saturated heterocycles. The molecule has 0 bridgehead atoms. The number of hydrogen-bond acceptors (Lipinski definition) is 3. The Kier molecular flexibility index (Phi) is 4.77. The minimum Gasteiger partial charge on any atom is -0.496 e. The first-order valence-electron chi connectivity index (χ1n) is 5.59. The van der Waals surface area contributed by atoms with Gasteiger partial charge in [0.15, 0.2) is 0 Å². The summed E-state index contributed by atoms with van der Waals surface area (Å²) in [5.41, 5.74) is 8.29. The number of nitrogens with zero attached hydrogens (tertiary/aromatic N) is 1. The number of hydrogen-bond donors (Lipinski definition) is 1. The van der Waals surface area contributed by atoms with E-state index >= 15 is 0 Å². The summed E-state index contributed by atoms with van der Waals surface area (Å²) >= 11 is 0. The summed E-state index contributed by atoms with van der Waals surface area (Å²) in [4.78, 5) is 2.13. The van der Waals surface area contributed by atoms with Gasteiger partial charge in [-0.3, -0.25) is 0 Å². The molecule has 0 unspecified atom stereocenters. The van der Waals surface area contributed by atoms with Crippen molar-refractivity contribution in [2.75, 3.05) is 21.2 Å². The van der Waals surface area contributed by atoms with Crippen molar-refractivity contribution in [3.8, 4) is 5.75 Å². The largest absolute Gasteiger partial charge is 0.496 e. The highest BCUT2D eigenvalue weighted by Crippen LogP contribution is 2.21. The highest BCUT2D eigenvalue weighted by atomic mass is 16.5. The standard InChI is InChI=1S/C13H22N2O/c1-10(14)7-11-5-6-13(16-4)12(8-11)9-15(2)3/h5-6,8,10H,7,9,14H2,1-4H3/t10-/m0/s1. The Bertz CT molecular complexity index is 335. The maximum absolute atomic E-state index is 5.80. The molecule has 0 aliphatic heterocycles. The molecule has 90 valence electrons. The summed E-state index contributed by atoms with van der Waals surface area (Å²) in [6.07, 6.45) is 0.907. The van der Waals surface area contributed by atoms with Crippen LogP contribution in [0.2, 0.25) is 0 Å². The first-order chi connectivity index (χ1) is 7.52. The predicted octanol–water partition coefficient (Wildman–Crippen LogP) is 1.65. The molecule has 0 aromatic heterocycles. The van der Waals surface area contributed by atoms with Gasteiger partial charge in [0.05, 0.1) is 7.11 Å². The first kappa shape index (κ1) is 13.0. The van der Waals surface area contributed by atoms with E-state index in [1.807, 2.05) is 13.0 Å². The van der Waals surface area contributed by atoms with Crippen LogP contribution < -0.4 is 10.5 Å². The monoisotopic (exact) mass is 222 g/mol. The Morgan fingerprint density at radius 2 is 2.06 bits per heavy atom. The second-order valence-electron chi connectivity index (χ2n) is 4.57. The van der Waals surface area contributed by atoms with Crippen LogP contribution >= 0.6 is 0 Å². The lowest BCUT2D eigenvalue weighted by Crippen LogP contribution is -2.18. The van der Waals surface area contributed by atoms with E-state index in [4.69, 9.17) is 10.5 Å². The van der Waals surface area contributed by atoms with Gasteiger partial charge < -0.3 is 15.4 Å². The Morgan fingerprint density at radius 1 is 1.38 bits per heavy atom. The molecule has 3 nitrogen and oxygen atoms in total. The molecule has 0 radical (unpaired) electrons. The molecule has 0 spiro atoms. The van der Waals surface area contributed by atoms with Crippen LogP contribution in [-0.4, -0.2) is 32.1 Å². The van der Waals surface area contributed by atoms with E-state index in [-0.39, 0.29) is 6.04 Å². The van der Waals surface area contributed by atoms with Crippen LogP contribution in [0.1, 0.15) is 18.1 Å². The fourth-order valence-electron chi connectivity index (χ4n) is 1.79. The molecule has 1 atom stereocenters. The first-order valence-corrected chi connectivity index (χ1v) is 5.59. The highest BCUT2D eigenvalue weighted by molar-refractivity contribution is 5.37. The van der Waals surface area contributed by atoms with Gasteiger partial charge in [-0.25, -0.2) is 0 Å². The van der Waals surface area contributed by atoms with Gasteiger partial charge in [-0.1, -0.05) is 12.1 Å². The number of benzene rings is 1. The zero-order valence-corrected chi connectivity index (χ0v) is 10.7. The molecule has 0 fully saturated rings. The lowest BCUT2D eigenvalue weighted by molar-refractivity contribution is 0.371. The smallest absolute Gasteiger partial charge is 0.123 e. The van der Waals surface area contributed by atoms with Crippen molar-refractivity contribution in [1.82, 2.24) is 4.90 Å². The van der Waals surface area contributed by atoms with Crippen LogP contribution in [-0.2, 0) is 13.0 Å². The number of rotatable bonds is 5. The van der Waals surface area contributed by atoms with Crippen LogP contribution in [0.4, 0.5) is 0 Å². The van der Waals surface area contributed by atoms with Gasteiger partial charge in [0.2, 0.25) is 0 Å². The third-order valence-electron chi connectivity index (χ3n) is 2.39. The molecule has 16 heavy (non-hydrogen) atoms. The van der Waals surface area contributed by atoms with E-state index in [2.05, 4.69) is 31.1 Å². The number of nitrogens with two attached hydrogens (primary N) is 1. The zero-order chi connectivity index (χ0) is 12.1. The SMILES string of the molecule is COc1ccc(C[C@H](C)N)cc1CN(C)C. The quantitative estimate of drug-likeness (QED) is 0.823. The molecular formula is C13H22N2O. The summed E-state index contributed by atoms with van der Waals surface area (Å²) in [6, 6.07) is 6.49. The Labute approximate surface area is 98.2 Å². The average Bonchev–Trinajstić information content (AvgIpc) is 2.16. The maximum atomic E-state index is 5.80. The van der Waals surface area contributed by atoms with Crippen molar-refractivity contribution in [2.24, 2.45) is 5.73 Å². The lowest BCUT2D eigenvalue weighted by Gasteiger charge is -2.15. The van der Waals surface area contributed by atoms with Gasteiger partial charge in [0.25, 0.3) is 0 Å². The van der Waals surface area contributed by atoms with Crippen LogP contribution in [0.5, 0.6) is 5.75 Å². The normalized spacial score (nSPS) is 12.9. The van der Waals surface area contributed by atoms with Gasteiger partial charge in [0, 0.05) is 18.2 Å². The molecule has 1 rings (SSSR count). The zero-order valence-electron chi connectivity index (χ0n) is 10.7. The molecule has 0 heterocycles. The van der Waals surface area contributed by atoms with Crippen LogP contribution in [0.25, 0.3) is 0 Å². The average molecular weight is 222 g/mol. The maximum Gasteiger partial charge on any atom is 0.123 e. The number of ether oxygens (including phenoxy) is 1. The molecule has 1 aromatic carbocycles. The van der Waals surface area contributed by atoms with Crippen LogP contribution in [0.15, 0.2) is 18.2 Å². The minimum atomic E-state index is 0.195. The second kappa shape index (κ2) is 5.87. The lowest BCUT2D eigenvalue weighted by atomic mass is 10.0. The second-order valence-corrected chi connectivity index (χ2v) is 4.57. The van der Waals surface area contributed by atoms with Crippen molar-refractivity contribution in [3.63, 3.8) is 0 Å².